The van der Waals surface area contributed by atoms with E-state index in [0.29, 0.717) is 43.6 Å². The molecule has 6 heterocycles. The highest BCUT2D eigenvalue weighted by atomic mass is 32.1. The number of nitrogens with one attached hydrogen (secondary N) is 2. The Hall–Kier alpha value is -4.97. The van der Waals surface area contributed by atoms with Gasteiger partial charge in [0.2, 0.25) is 5.13 Å². The number of pyridine rings is 1. The molecule has 262 valence electrons. The molecule has 7 rings (SSSR count). The van der Waals surface area contributed by atoms with Crippen LogP contribution in [0.4, 0.5) is 20.4 Å². The topological polar surface area (TPSA) is 157 Å². The lowest BCUT2D eigenvalue weighted by Gasteiger charge is -2.40. The molecule has 3 atom stereocenters. The maximum Gasteiger partial charge on any atom is 0.410 e. The van der Waals surface area contributed by atoms with Gasteiger partial charge in [0.1, 0.15) is 11.7 Å². The number of amides is 3. The summed E-state index contributed by atoms with van der Waals surface area (Å²) in [7, 11) is 0. The molecule has 0 spiro atoms. The molecule has 3 amide bonds. The van der Waals surface area contributed by atoms with Gasteiger partial charge in [-0.15, -0.1) is 10.2 Å². The molecule has 0 radical (unpaired) electrons. The van der Waals surface area contributed by atoms with Crippen LogP contribution in [0.25, 0.3) is 27.5 Å². The van der Waals surface area contributed by atoms with Crippen LogP contribution in [0.3, 0.4) is 0 Å². The van der Waals surface area contributed by atoms with Gasteiger partial charge in [0, 0.05) is 63.2 Å². The molecule has 0 aromatic carbocycles. The zero-order chi connectivity index (χ0) is 35.2. The molecule has 50 heavy (non-hydrogen) atoms. The average molecular weight is 698 g/mol. The van der Waals surface area contributed by atoms with Gasteiger partial charge < -0.3 is 30.1 Å². The fourth-order valence-electron chi connectivity index (χ4n) is 7.17. The molecule has 2 bridgehead atoms. The van der Waals surface area contributed by atoms with Gasteiger partial charge in [0.05, 0.1) is 34.2 Å². The first-order chi connectivity index (χ1) is 24.0. The minimum absolute atomic E-state index is 0.0561. The van der Waals surface area contributed by atoms with Gasteiger partial charge in [-0.25, -0.2) is 14.1 Å². The number of carbonyl (C=O) groups is 2. The quantitative estimate of drug-likeness (QED) is 0.278. The van der Waals surface area contributed by atoms with Crippen molar-refractivity contribution in [2.75, 3.05) is 49.5 Å². The molecule has 2 unspecified atom stereocenters. The summed E-state index contributed by atoms with van der Waals surface area (Å²) in [5, 5.41) is 31.5. The standard InChI is InChI=1S/C35H43N11O3S/c1-21(2)39-27-15-28(29-9-8-25-14-22(16-36)17-38-46(25)29)37-18-26(27)31-41-42-33(50-31)45-19-23-6-7-24(20-45)30(23)40-32(47)43-10-12-44(13-11-43)34(48)49-35(3,4)5/h8-9,14-15,17-18,21,23-24,30H,6-7,10-13,19-20H2,1-5H3,(H,37,39)(H,40,47)/t23-,24?,30?/m1/s1. The fourth-order valence-corrected chi connectivity index (χ4v) is 8.06. The van der Waals surface area contributed by atoms with Crippen LogP contribution in [0.1, 0.15) is 53.0 Å². The number of anilines is 2. The molecular weight excluding hydrogens is 655 g/mol. The van der Waals surface area contributed by atoms with E-state index in [1.165, 1.54) is 0 Å². The highest BCUT2D eigenvalue weighted by Crippen LogP contribution is 2.41. The number of aromatic nitrogens is 5. The number of nitriles is 1. The second-order valence-electron chi connectivity index (χ2n) is 14.6. The fraction of sp³-hybridized carbons (Fsp3) is 0.514. The summed E-state index contributed by atoms with van der Waals surface area (Å²) in [6.07, 6.45) is 5.18. The average Bonchev–Trinajstić information content (AvgIpc) is 3.79. The molecular formula is C35H43N11O3S. The maximum atomic E-state index is 13.3. The summed E-state index contributed by atoms with van der Waals surface area (Å²) in [6, 6.07) is 10.1. The van der Waals surface area contributed by atoms with Crippen LogP contribution < -0.4 is 15.5 Å². The third-order valence-corrected chi connectivity index (χ3v) is 10.5. The first kappa shape index (κ1) is 33.5. The van der Waals surface area contributed by atoms with Crippen molar-refractivity contribution in [2.45, 2.75) is 65.1 Å². The number of piperidine rings is 1. The van der Waals surface area contributed by atoms with Crippen LogP contribution in [0, 0.1) is 23.2 Å². The van der Waals surface area contributed by atoms with Crippen LogP contribution in [0.2, 0.25) is 0 Å². The van der Waals surface area contributed by atoms with E-state index in [9.17, 15) is 14.9 Å². The Bertz CT molecular complexity index is 1920. The minimum Gasteiger partial charge on any atom is -0.444 e. The summed E-state index contributed by atoms with van der Waals surface area (Å²) in [5.74, 6) is 0.642. The monoisotopic (exact) mass is 697 g/mol. The smallest absolute Gasteiger partial charge is 0.410 e. The predicted octanol–water partition coefficient (Wildman–Crippen LogP) is 5.08. The number of fused-ring (bicyclic) bond motifs is 3. The van der Waals surface area contributed by atoms with Gasteiger partial charge in [-0.05, 0) is 83.6 Å². The summed E-state index contributed by atoms with van der Waals surface area (Å²) < 4.78 is 7.29. The molecule has 15 heteroatoms. The van der Waals surface area contributed by atoms with Crippen molar-refractivity contribution in [1.82, 2.24) is 39.9 Å². The van der Waals surface area contributed by atoms with Gasteiger partial charge in [-0.3, -0.25) is 4.98 Å². The van der Waals surface area contributed by atoms with E-state index < -0.39 is 5.60 Å². The number of nitrogens with zero attached hydrogens (tertiary/aromatic N) is 9. The van der Waals surface area contributed by atoms with Crippen LogP contribution in [0.15, 0.2) is 36.7 Å². The molecule has 3 aliphatic rings. The summed E-state index contributed by atoms with van der Waals surface area (Å²) in [4.78, 5) is 36.4. The van der Waals surface area contributed by atoms with Gasteiger partial charge in [0.15, 0.2) is 5.01 Å². The van der Waals surface area contributed by atoms with Crippen molar-refractivity contribution in [2.24, 2.45) is 11.8 Å². The summed E-state index contributed by atoms with van der Waals surface area (Å²) in [5.41, 5.74) is 4.16. The van der Waals surface area contributed by atoms with E-state index in [0.717, 1.165) is 64.2 Å². The third-order valence-electron chi connectivity index (χ3n) is 9.50. The second-order valence-corrected chi connectivity index (χ2v) is 15.6. The van der Waals surface area contributed by atoms with Gasteiger partial charge in [-0.1, -0.05) is 11.3 Å². The van der Waals surface area contributed by atoms with Crippen LogP contribution in [-0.2, 0) is 4.74 Å². The molecule has 14 nitrogen and oxygen atoms in total. The Labute approximate surface area is 295 Å². The largest absolute Gasteiger partial charge is 0.444 e. The lowest BCUT2D eigenvalue weighted by Crippen LogP contribution is -2.58. The molecule has 1 aliphatic carbocycles. The zero-order valence-electron chi connectivity index (χ0n) is 29.1. The zero-order valence-corrected chi connectivity index (χ0v) is 29.9. The SMILES string of the molecule is CC(C)Nc1cc(-c2ccc3cc(C#N)cnn23)ncc1-c1nnc(N2CC3CC[C@H](C2)C3NC(=O)N2CCN(C(=O)OC(C)(C)C)CC2)s1. The molecule has 3 fully saturated rings. The lowest BCUT2D eigenvalue weighted by atomic mass is 9.92. The summed E-state index contributed by atoms with van der Waals surface area (Å²) in [6.45, 7) is 13.3. The number of rotatable bonds is 6. The van der Waals surface area contributed by atoms with Crippen molar-refractivity contribution in [3.8, 4) is 28.0 Å². The van der Waals surface area contributed by atoms with Crippen molar-refractivity contribution >= 4 is 39.8 Å². The second kappa shape index (κ2) is 13.4. The van der Waals surface area contributed by atoms with E-state index in [1.54, 1.807) is 33.0 Å². The molecule has 4 aromatic rings. The molecule has 2 aliphatic heterocycles. The normalized spacial score (nSPS) is 20.7. The molecule has 2 N–H and O–H groups in total. The number of hydrogen-bond donors (Lipinski definition) is 2. The van der Waals surface area contributed by atoms with Gasteiger partial charge in [-0.2, -0.15) is 10.4 Å². The Balaban J connectivity index is 1.01. The van der Waals surface area contributed by atoms with E-state index in [-0.39, 0.29) is 24.2 Å². The maximum absolute atomic E-state index is 13.3. The minimum atomic E-state index is -0.545. The number of urea groups is 1. The van der Waals surface area contributed by atoms with E-state index in [4.69, 9.17) is 9.72 Å². The van der Waals surface area contributed by atoms with Crippen molar-refractivity contribution in [3.63, 3.8) is 0 Å². The number of ether oxygens (including phenoxy) is 1. The number of piperazine rings is 1. The Morgan fingerprint density at radius 1 is 1.02 bits per heavy atom. The predicted molar refractivity (Wildman–Crippen MR) is 191 cm³/mol. The van der Waals surface area contributed by atoms with Crippen LogP contribution in [-0.4, -0.2) is 104 Å². The first-order valence-corrected chi connectivity index (χ1v) is 18.0. The molecule has 1 saturated carbocycles. The summed E-state index contributed by atoms with van der Waals surface area (Å²) >= 11 is 1.56. The van der Waals surface area contributed by atoms with Crippen molar-refractivity contribution < 1.29 is 14.3 Å². The van der Waals surface area contributed by atoms with E-state index >= 15 is 0 Å². The molecule has 4 aromatic heterocycles. The van der Waals surface area contributed by atoms with Gasteiger partial charge >= 0.3 is 12.1 Å². The first-order valence-electron chi connectivity index (χ1n) is 17.2. The molecule has 2 saturated heterocycles. The van der Waals surface area contributed by atoms with E-state index in [1.807, 2.05) is 50.1 Å². The highest BCUT2D eigenvalue weighted by Gasteiger charge is 2.44. The third kappa shape index (κ3) is 6.89. The van der Waals surface area contributed by atoms with Gasteiger partial charge in [0.25, 0.3) is 0 Å². The highest BCUT2D eigenvalue weighted by molar-refractivity contribution is 7.18. The van der Waals surface area contributed by atoms with Crippen LogP contribution >= 0.6 is 11.3 Å². The Kier molecular flexibility index (Phi) is 8.98. The number of hydrogen-bond acceptors (Lipinski definition) is 11. The van der Waals surface area contributed by atoms with E-state index in [2.05, 4.69) is 50.7 Å². The Morgan fingerprint density at radius 3 is 2.42 bits per heavy atom. The van der Waals surface area contributed by atoms with Crippen LogP contribution in [0.5, 0.6) is 0 Å². The lowest BCUT2D eigenvalue weighted by molar-refractivity contribution is 0.0168. The van der Waals surface area contributed by atoms with Crippen molar-refractivity contribution in [1.29, 1.82) is 5.26 Å². The number of carbonyl (C=O) groups excluding carboxylic acids is 2. The Morgan fingerprint density at radius 2 is 1.74 bits per heavy atom. The van der Waals surface area contributed by atoms with Crippen molar-refractivity contribution in [3.05, 3.63) is 42.2 Å².